The first-order valence-corrected chi connectivity index (χ1v) is 8.56. The van der Waals surface area contributed by atoms with E-state index in [9.17, 15) is 9.18 Å². The van der Waals surface area contributed by atoms with Gasteiger partial charge in [-0.15, -0.1) is 0 Å². The fourth-order valence-corrected chi connectivity index (χ4v) is 3.60. The predicted molar refractivity (Wildman–Crippen MR) is 86.8 cm³/mol. The molecule has 2 N–H and O–H groups in total. The molecule has 1 saturated heterocycles. The second-order valence-corrected chi connectivity index (χ2v) is 6.80. The molecule has 1 saturated carbocycles. The molecule has 1 aromatic rings. The van der Waals surface area contributed by atoms with Crippen molar-refractivity contribution in [1.82, 2.24) is 10.2 Å². The molecular formula is C18H25FN2O2. The van der Waals surface area contributed by atoms with Crippen molar-refractivity contribution in [2.45, 2.75) is 50.0 Å². The third kappa shape index (κ3) is 3.66. The Kier molecular flexibility index (Phi) is 4.85. The number of hydrogen-bond acceptors (Lipinski definition) is 2. The van der Waals surface area contributed by atoms with Crippen LogP contribution < -0.4 is 5.32 Å². The lowest BCUT2D eigenvalue weighted by molar-refractivity contribution is 0.131. The quantitative estimate of drug-likeness (QED) is 0.876. The number of likely N-dealkylation sites (tertiary alicyclic amines) is 1. The average molecular weight is 320 g/mol. The molecular weight excluding hydrogens is 295 g/mol. The topological polar surface area (TPSA) is 52.6 Å². The van der Waals surface area contributed by atoms with Crippen LogP contribution in [0.4, 0.5) is 9.18 Å². The summed E-state index contributed by atoms with van der Waals surface area (Å²) in [6.45, 7) is 1.42. The van der Waals surface area contributed by atoms with Gasteiger partial charge in [0.15, 0.2) is 0 Å². The Morgan fingerprint density at radius 3 is 2.91 bits per heavy atom. The van der Waals surface area contributed by atoms with Gasteiger partial charge in [0.05, 0.1) is 0 Å². The van der Waals surface area contributed by atoms with Crippen LogP contribution in [0.3, 0.4) is 0 Å². The van der Waals surface area contributed by atoms with Crippen LogP contribution in [0.2, 0.25) is 0 Å². The highest BCUT2D eigenvalue weighted by Crippen LogP contribution is 2.47. The fraction of sp³-hybridized carbons (Fsp3) is 0.611. The van der Waals surface area contributed by atoms with Crippen LogP contribution in [0.5, 0.6) is 0 Å². The van der Waals surface area contributed by atoms with E-state index in [-0.39, 0.29) is 29.9 Å². The smallest absolute Gasteiger partial charge is 0.317 e. The monoisotopic (exact) mass is 320 g/mol. The van der Waals surface area contributed by atoms with Crippen molar-refractivity contribution in [3.63, 3.8) is 0 Å². The molecule has 1 heterocycles. The number of rotatable bonds is 5. The van der Waals surface area contributed by atoms with Crippen molar-refractivity contribution in [2.75, 3.05) is 19.7 Å². The first-order valence-electron chi connectivity index (χ1n) is 8.56. The second kappa shape index (κ2) is 6.87. The lowest BCUT2D eigenvalue weighted by Gasteiger charge is -2.36. The van der Waals surface area contributed by atoms with E-state index in [0.29, 0.717) is 13.0 Å². The van der Waals surface area contributed by atoms with Crippen LogP contribution in [-0.4, -0.2) is 41.8 Å². The predicted octanol–water partition coefficient (Wildman–Crippen LogP) is 2.80. The minimum Gasteiger partial charge on any atom is -0.396 e. The van der Waals surface area contributed by atoms with Gasteiger partial charge >= 0.3 is 6.03 Å². The number of aliphatic hydroxyl groups excluding tert-OH is 1. The highest BCUT2D eigenvalue weighted by atomic mass is 19.1. The number of hydrogen-bond donors (Lipinski definition) is 2. The second-order valence-electron chi connectivity index (χ2n) is 6.80. The molecule has 1 aliphatic heterocycles. The maximum atomic E-state index is 13.4. The largest absolute Gasteiger partial charge is 0.396 e. The van der Waals surface area contributed by atoms with Crippen molar-refractivity contribution in [2.24, 2.45) is 0 Å². The summed E-state index contributed by atoms with van der Waals surface area (Å²) in [6, 6.07) is 6.79. The van der Waals surface area contributed by atoms with Crippen LogP contribution in [-0.2, 0) is 5.41 Å². The molecule has 1 aliphatic carbocycles. The van der Waals surface area contributed by atoms with Gasteiger partial charge in [-0.3, -0.25) is 0 Å². The van der Waals surface area contributed by atoms with Gasteiger partial charge in [-0.1, -0.05) is 12.1 Å². The summed E-state index contributed by atoms with van der Waals surface area (Å²) in [6.07, 6.45) is 5.70. The zero-order valence-electron chi connectivity index (χ0n) is 13.4. The summed E-state index contributed by atoms with van der Waals surface area (Å²) < 4.78 is 13.4. The Hall–Kier alpha value is -1.62. The average Bonchev–Trinajstić information content (AvgIpc) is 3.35. The van der Waals surface area contributed by atoms with Crippen LogP contribution in [0, 0.1) is 5.82 Å². The first-order chi connectivity index (χ1) is 11.1. The number of aliphatic hydroxyl groups is 1. The van der Waals surface area contributed by atoms with Gasteiger partial charge in [0.2, 0.25) is 0 Å². The third-order valence-corrected chi connectivity index (χ3v) is 5.22. The van der Waals surface area contributed by atoms with E-state index in [0.717, 1.165) is 44.2 Å². The van der Waals surface area contributed by atoms with Crippen LogP contribution in [0.1, 0.15) is 44.1 Å². The number of carbonyl (C=O) groups is 1. The Morgan fingerprint density at radius 1 is 1.39 bits per heavy atom. The number of carbonyl (C=O) groups excluding carboxylic acids is 1. The van der Waals surface area contributed by atoms with Crippen LogP contribution >= 0.6 is 0 Å². The molecule has 4 nitrogen and oxygen atoms in total. The van der Waals surface area contributed by atoms with Crippen molar-refractivity contribution in [1.29, 1.82) is 0 Å². The number of halogens is 1. The molecule has 1 atom stereocenters. The number of piperidine rings is 1. The highest BCUT2D eigenvalue weighted by Gasteiger charge is 2.44. The Bertz CT molecular complexity index is 558. The highest BCUT2D eigenvalue weighted by molar-refractivity contribution is 5.75. The minimum atomic E-state index is -0.223. The molecule has 3 rings (SSSR count). The fourth-order valence-electron chi connectivity index (χ4n) is 3.60. The van der Waals surface area contributed by atoms with Crippen LogP contribution in [0.25, 0.3) is 0 Å². The maximum Gasteiger partial charge on any atom is 0.317 e. The Labute approximate surface area is 136 Å². The van der Waals surface area contributed by atoms with Gasteiger partial charge in [-0.2, -0.15) is 0 Å². The molecule has 0 spiro atoms. The molecule has 2 amide bonds. The molecule has 5 heteroatoms. The zero-order valence-corrected chi connectivity index (χ0v) is 13.4. The molecule has 0 bridgehead atoms. The van der Waals surface area contributed by atoms with Gasteiger partial charge in [0.1, 0.15) is 5.82 Å². The van der Waals surface area contributed by atoms with E-state index in [2.05, 4.69) is 5.32 Å². The molecule has 126 valence electrons. The SMILES string of the molecule is O=C(NCC1(c2cccc(F)c2)CC1)N1CCCCC1CCO. The summed E-state index contributed by atoms with van der Waals surface area (Å²) in [5, 5.41) is 12.2. The maximum absolute atomic E-state index is 13.4. The van der Waals surface area contributed by atoms with E-state index < -0.39 is 0 Å². The van der Waals surface area contributed by atoms with Gasteiger partial charge in [-0.25, -0.2) is 9.18 Å². The molecule has 1 unspecified atom stereocenters. The summed E-state index contributed by atoms with van der Waals surface area (Å²) in [4.78, 5) is 14.4. The molecule has 23 heavy (non-hydrogen) atoms. The Morgan fingerprint density at radius 2 is 2.22 bits per heavy atom. The lowest BCUT2D eigenvalue weighted by Crippen LogP contribution is -2.50. The first kappa shape index (κ1) is 16.2. The lowest BCUT2D eigenvalue weighted by atomic mass is 9.96. The summed E-state index contributed by atoms with van der Waals surface area (Å²) in [5.41, 5.74) is 0.878. The van der Waals surface area contributed by atoms with Crippen molar-refractivity contribution < 1.29 is 14.3 Å². The van der Waals surface area contributed by atoms with E-state index in [1.54, 1.807) is 12.1 Å². The molecule has 2 fully saturated rings. The van der Waals surface area contributed by atoms with E-state index in [4.69, 9.17) is 5.11 Å². The minimum absolute atomic E-state index is 0.0502. The number of amides is 2. The number of benzene rings is 1. The van der Waals surface area contributed by atoms with Gasteiger partial charge < -0.3 is 15.3 Å². The molecule has 0 aromatic heterocycles. The molecule has 2 aliphatic rings. The summed E-state index contributed by atoms with van der Waals surface area (Å²) >= 11 is 0. The number of nitrogens with zero attached hydrogens (tertiary/aromatic N) is 1. The summed E-state index contributed by atoms with van der Waals surface area (Å²) in [7, 11) is 0. The normalized spacial score (nSPS) is 22.7. The third-order valence-electron chi connectivity index (χ3n) is 5.22. The van der Waals surface area contributed by atoms with E-state index in [1.165, 1.54) is 6.07 Å². The van der Waals surface area contributed by atoms with E-state index >= 15 is 0 Å². The number of urea groups is 1. The summed E-state index contributed by atoms with van der Waals surface area (Å²) in [5.74, 6) is -0.223. The van der Waals surface area contributed by atoms with Crippen molar-refractivity contribution in [3.05, 3.63) is 35.6 Å². The molecule has 1 aromatic carbocycles. The number of nitrogens with one attached hydrogen (secondary N) is 1. The van der Waals surface area contributed by atoms with E-state index in [1.807, 2.05) is 11.0 Å². The molecule has 0 radical (unpaired) electrons. The zero-order chi connectivity index (χ0) is 16.3. The standard InChI is InChI=1S/C18H25FN2O2/c19-15-5-3-4-14(12-15)18(8-9-18)13-20-17(23)21-10-2-1-6-16(21)7-11-22/h3-5,12,16,22H,1-2,6-11,13H2,(H,20,23). The van der Waals surface area contributed by atoms with Crippen molar-refractivity contribution >= 4 is 6.03 Å². The van der Waals surface area contributed by atoms with Gasteiger partial charge in [0.25, 0.3) is 0 Å². The Balaban J connectivity index is 1.60. The van der Waals surface area contributed by atoms with Crippen LogP contribution in [0.15, 0.2) is 24.3 Å². The van der Waals surface area contributed by atoms with Gasteiger partial charge in [-0.05, 0) is 56.2 Å². The van der Waals surface area contributed by atoms with Crippen molar-refractivity contribution in [3.8, 4) is 0 Å². The van der Waals surface area contributed by atoms with Gasteiger partial charge in [0, 0.05) is 31.2 Å².